The van der Waals surface area contributed by atoms with Gasteiger partial charge in [0.15, 0.2) is 0 Å². The highest BCUT2D eigenvalue weighted by atomic mass is 32.2. The molecule has 0 amide bonds. The minimum absolute atomic E-state index is 0.150. The molecule has 0 aliphatic heterocycles. The van der Waals surface area contributed by atoms with Gasteiger partial charge in [0.2, 0.25) is 0 Å². The second-order valence-corrected chi connectivity index (χ2v) is 13.4. The van der Waals surface area contributed by atoms with Crippen LogP contribution in [0.4, 0.5) is 17.6 Å². The molecule has 3 aromatic rings. The second-order valence-electron chi connectivity index (χ2n) is 10.2. The van der Waals surface area contributed by atoms with Crippen LogP contribution in [0, 0.1) is 19.8 Å². The van der Waals surface area contributed by atoms with E-state index in [0.29, 0.717) is 5.56 Å². The number of aryl methyl sites for hydroxylation is 2. The lowest BCUT2D eigenvalue weighted by Crippen LogP contribution is -2.47. The maximum absolute atomic E-state index is 14.3. The Morgan fingerprint density at radius 2 is 1.07 bits per heavy atom. The first kappa shape index (κ1) is 35.6. The minimum Gasteiger partial charge on any atom is -0.375 e. The molecule has 0 bridgehead atoms. The molecular formula is C30H34F4O8S2. The molecule has 0 heterocycles. The molecule has 0 aromatic heterocycles. The molecule has 242 valence electrons. The van der Waals surface area contributed by atoms with Crippen molar-refractivity contribution in [3.05, 3.63) is 95.6 Å². The van der Waals surface area contributed by atoms with E-state index in [9.17, 15) is 34.4 Å². The predicted octanol–water partition coefficient (Wildman–Crippen LogP) is 5.92. The van der Waals surface area contributed by atoms with Crippen molar-refractivity contribution in [1.82, 2.24) is 0 Å². The molecular weight excluding hydrogens is 628 g/mol. The Labute approximate surface area is 255 Å². The third-order valence-corrected chi connectivity index (χ3v) is 9.01. The summed E-state index contributed by atoms with van der Waals surface area (Å²) in [6.45, 7) is -1.71. The Hall–Kier alpha value is -2.88. The highest BCUT2D eigenvalue weighted by Crippen LogP contribution is 2.35. The number of benzene rings is 3. The van der Waals surface area contributed by atoms with Crippen molar-refractivity contribution in [2.45, 2.75) is 48.5 Å². The van der Waals surface area contributed by atoms with E-state index in [-0.39, 0.29) is 22.8 Å². The lowest BCUT2D eigenvalue weighted by atomic mass is 10.1. The topological polar surface area (TPSA) is 105 Å². The van der Waals surface area contributed by atoms with Crippen LogP contribution in [0.3, 0.4) is 0 Å². The van der Waals surface area contributed by atoms with Crippen LogP contribution >= 0.6 is 0 Å². The summed E-state index contributed by atoms with van der Waals surface area (Å²) >= 11 is 0. The summed E-state index contributed by atoms with van der Waals surface area (Å²) in [5.41, 5.74) is 2.14. The van der Waals surface area contributed by atoms with Gasteiger partial charge in [-0.05, 0) is 50.1 Å². The number of ether oxygens (including phenoxy) is 2. The average molecular weight is 663 g/mol. The summed E-state index contributed by atoms with van der Waals surface area (Å²) in [6, 6.07) is 19.7. The van der Waals surface area contributed by atoms with Gasteiger partial charge in [0.05, 0.1) is 29.6 Å². The fourth-order valence-electron chi connectivity index (χ4n) is 3.67. The van der Waals surface area contributed by atoms with Crippen LogP contribution in [0.2, 0.25) is 0 Å². The van der Waals surface area contributed by atoms with Gasteiger partial charge in [-0.2, -0.15) is 34.4 Å². The van der Waals surface area contributed by atoms with Crippen molar-refractivity contribution in [3.63, 3.8) is 0 Å². The van der Waals surface area contributed by atoms with E-state index >= 15 is 0 Å². The summed E-state index contributed by atoms with van der Waals surface area (Å²) in [5.74, 6) is -10.1. The number of alkyl halides is 4. The number of hydrogen-bond donors (Lipinski definition) is 0. The SMILES string of the molecule is Cc1ccc(S(=O)(=O)OCC(CCOCC(F)(F)C(F)(F)COCc2ccccc2)COS(=O)(=O)c2ccc(C)cc2)cc1. The Bertz CT molecular complexity index is 1450. The molecule has 3 aromatic carbocycles. The van der Waals surface area contributed by atoms with Crippen LogP contribution < -0.4 is 0 Å². The summed E-state index contributed by atoms with van der Waals surface area (Å²) < 4.78 is 128. The lowest BCUT2D eigenvalue weighted by molar-refractivity contribution is -0.252. The largest absolute Gasteiger partial charge is 0.375 e. The molecule has 44 heavy (non-hydrogen) atoms. The Morgan fingerprint density at radius 1 is 0.636 bits per heavy atom. The van der Waals surface area contributed by atoms with E-state index in [4.69, 9.17) is 17.8 Å². The zero-order valence-electron chi connectivity index (χ0n) is 24.1. The van der Waals surface area contributed by atoms with E-state index in [0.717, 1.165) is 11.1 Å². The van der Waals surface area contributed by atoms with Crippen LogP contribution in [0.15, 0.2) is 88.7 Å². The van der Waals surface area contributed by atoms with Crippen molar-refractivity contribution in [2.75, 3.05) is 33.0 Å². The molecule has 0 fully saturated rings. The van der Waals surface area contributed by atoms with Crippen molar-refractivity contribution in [2.24, 2.45) is 5.92 Å². The van der Waals surface area contributed by atoms with Crippen LogP contribution in [0.25, 0.3) is 0 Å². The maximum atomic E-state index is 14.3. The number of hydrogen-bond acceptors (Lipinski definition) is 8. The third kappa shape index (κ3) is 10.6. The molecule has 0 radical (unpaired) electrons. The molecule has 14 heteroatoms. The third-order valence-electron chi connectivity index (χ3n) is 6.42. The maximum Gasteiger partial charge on any atom is 0.335 e. The number of rotatable bonds is 18. The van der Waals surface area contributed by atoms with Gasteiger partial charge in [0.25, 0.3) is 20.2 Å². The first-order valence-corrected chi connectivity index (χ1v) is 16.3. The van der Waals surface area contributed by atoms with Crippen molar-refractivity contribution in [3.8, 4) is 0 Å². The number of halogens is 4. The van der Waals surface area contributed by atoms with Crippen molar-refractivity contribution >= 4 is 20.2 Å². The molecule has 0 aliphatic rings. The van der Waals surface area contributed by atoms with Crippen LogP contribution in [0.5, 0.6) is 0 Å². The van der Waals surface area contributed by atoms with Gasteiger partial charge in [0.1, 0.15) is 13.2 Å². The summed E-state index contributed by atoms with van der Waals surface area (Å²) in [4.78, 5) is -0.301. The highest BCUT2D eigenvalue weighted by Gasteiger charge is 2.56. The quantitative estimate of drug-likeness (QED) is 0.0939. The monoisotopic (exact) mass is 662 g/mol. The fourth-order valence-corrected chi connectivity index (χ4v) is 5.62. The summed E-state index contributed by atoms with van der Waals surface area (Å²) in [5, 5.41) is 0. The molecule has 0 unspecified atom stereocenters. The standard InChI is InChI=1S/C30H34F4O8S2/c1-23-8-12-27(13-9-23)43(35,36)41-19-26(20-42-44(37,38)28-14-10-24(2)11-15-28)16-17-39-21-29(31,32)30(33,34)22-40-18-25-6-4-3-5-7-25/h3-15,26H,16-22H2,1-2H3. The normalized spacial score (nSPS) is 13.0. The zero-order chi connectivity index (χ0) is 32.4. The van der Waals surface area contributed by atoms with E-state index in [1.165, 1.54) is 24.3 Å². The molecule has 0 aliphatic carbocycles. The van der Waals surface area contributed by atoms with E-state index in [1.807, 2.05) is 0 Å². The lowest BCUT2D eigenvalue weighted by Gasteiger charge is -2.26. The van der Waals surface area contributed by atoms with Gasteiger partial charge >= 0.3 is 11.8 Å². The first-order chi connectivity index (χ1) is 20.6. The van der Waals surface area contributed by atoms with Gasteiger partial charge < -0.3 is 9.47 Å². The van der Waals surface area contributed by atoms with E-state index < -0.39 is 71.0 Å². The Kier molecular flexibility index (Phi) is 12.5. The average Bonchev–Trinajstić information content (AvgIpc) is 2.97. The van der Waals surface area contributed by atoms with Gasteiger partial charge in [-0.25, -0.2) is 0 Å². The van der Waals surface area contributed by atoms with Crippen molar-refractivity contribution in [1.29, 1.82) is 0 Å². The van der Waals surface area contributed by atoms with Gasteiger partial charge in [-0.1, -0.05) is 65.7 Å². The molecule has 0 spiro atoms. The first-order valence-electron chi connectivity index (χ1n) is 13.5. The smallest absolute Gasteiger partial charge is 0.335 e. The van der Waals surface area contributed by atoms with Crippen LogP contribution in [-0.4, -0.2) is 61.7 Å². The van der Waals surface area contributed by atoms with Crippen LogP contribution in [0.1, 0.15) is 23.1 Å². The highest BCUT2D eigenvalue weighted by molar-refractivity contribution is 7.87. The summed E-state index contributed by atoms with van der Waals surface area (Å²) in [6.07, 6.45) is -0.251. The predicted molar refractivity (Wildman–Crippen MR) is 154 cm³/mol. The molecule has 3 rings (SSSR count). The zero-order valence-corrected chi connectivity index (χ0v) is 25.8. The Morgan fingerprint density at radius 3 is 1.52 bits per heavy atom. The van der Waals surface area contributed by atoms with Gasteiger partial charge in [0, 0.05) is 12.5 Å². The Balaban J connectivity index is 1.59. The molecule has 0 atom stereocenters. The molecule has 0 N–H and O–H groups in total. The molecule has 0 saturated carbocycles. The molecule has 8 nitrogen and oxygen atoms in total. The van der Waals surface area contributed by atoms with Gasteiger partial charge in [-0.3, -0.25) is 8.37 Å². The fraction of sp³-hybridized carbons (Fsp3) is 0.400. The summed E-state index contributed by atoms with van der Waals surface area (Å²) in [7, 11) is -8.53. The minimum atomic E-state index is -4.59. The second kappa shape index (κ2) is 15.4. The van der Waals surface area contributed by atoms with E-state index in [1.54, 1.807) is 68.4 Å². The van der Waals surface area contributed by atoms with E-state index in [2.05, 4.69) is 0 Å². The molecule has 0 saturated heterocycles. The van der Waals surface area contributed by atoms with Crippen molar-refractivity contribution < 1.29 is 52.2 Å². The van der Waals surface area contributed by atoms with Gasteiger partial charge in [-0.15, -0.1) is 0 Å². The van der Waals surface area contributed by atoms with Crippen LogP contribution in [-0.2, 0) is 44.7 Å².